The van der Waals surface area contributed by atoms with Crippen LogP contribution in [-0.2, 0) is 19.5 Å². The summed E-state index contributed by atoms with van der Waals surface area (Å²) in [4.78, 5) is 18.5. The van der Waals surface area contributed by atoms with E-state index in [9.17, 15) is 4.79 Å². The molecule has 6 nitrogen and oxygen atoms in total. The van der Waals surface area contributed by atoms with Gasteiger partial charge < -0.3 is 15.4 Å². The number of carbonyl (C=O) groups excluding carboxylic acids is 1. The van der Waals surface area contributed by atoms with Crippen LogP contribution in [-0.4, -0.2) is 42.2 Å². The number of fused-ring (bicyclic) bond motifs is 1. The summed E-state index contributed by atoms with van der Waals surface area (Å²) in [5, 5.41) is 5.80. The highest BCUT2D eigenvalue weighted by Gasteiger charge is 2.15. The second kappa shape index (κ2) is 9.20. The highest BCUT2D eigenvalue weighted by molar-refractivity contribution is 5.73. The quantitative estimate of drug-likeness (QED) is 0.801. The Hall–Kier alpha value is -2.60. The van der Waals surface area contributed by atoms with Gasteiger partial charge >= 0.3 is 6.03 Å². The smallest absolute Gasteiger partial charge is 0.315 e. The molecule has 0 unspecified atom stereocenters. The second-order valence-corrected chi connectivity index (χ2v) is 6.34. The fraction of sp³-hybridized carbons (Fsp3) is 0.400. The van der Waals surface area contributed by atoms with Crippen LogP contribution < -0.4 is 15.4 Å². The molecule has 2 amide bonds. The van der Waals surface area contributed by atoms with E-state index in [1.54, 1.807) is 6.20 Å². The summed E-state index contributed by atoms with van der Waals surface area (Å²) in [6.45, 7) is 6.42. The van der Waals surface area contributed by atoms with E-state index in [2.05, 4.69) is 44.8 Å². The summed E-state index contributed by atoms with van der Waals surface area (Å²) in [6, 6.07) is 12.1. The number of pyridine rings is 1. The average Bonchev–Trinajstić information content (AvgIpc) is 2.67. The minimum Gasteiger partial charge on any atom is -0.478 e. The first-order chi connectivity index (χ1) is 12.7. The Morgan fingerprint density at radius 3 is 2.92 bits per heavy atom. The van der Waals surface area contributed by atoms with E-state index in [1.807, 2.05) is 19.1 Å². The second-order valence-electron chi connectivity index (χ2n) is 6.34. The van der Waals surface area contributed by atoms with E-state index in [4.69, 9.17) is 4.74 Å². The molecule has 0 atom stereocenters. The number of carbonyl (C=O) groups is 1. The normalized spacial score (nSPS) is 13.7. The Bertz CT molecular complexity index is 735. The molecule has 1 aromatic heterocycles. The number of benzene rings is 1. The van der Waals surface area contributed by atoms with Crippen LogP contribution in [0.15, 0.2) is 42.6 Å². The molecule has 2 aromatic rings. The maximum absolute atomic E-state index is 12.0. The molecule has 1 aromatic carbocycles. The molecule has 0 saturated carbocycles. The van der Waals surface area contributed by atoms with Gasteiger partial charge in [-0.1, -0.05) is 24.3 Å². The number of urea groups is 1. The predicted molar refractivity (Wildman–Crippen MR) is 101 cm³/mol. The van der Waals surface area contributed by atoms with Crippen molar-refractivity contribution in [3.63, 3.8) is 0 Å². The third kappa shape index (κ3) is 5.20. The van der Waals surface area contributed by atoms with Crippen molar-refractivity contribution < 1.29 is 9.53 Å². The van der Waals surface area contributed by atoms with E-state index < -0.39 is 0 Å². The van der Waals surface area contributed by atoms with Crippen molar-refractivity contribution in [2.24, 2.45) is 0 Å². The standard InChI is InChI=1S/C20H26N4O2/c1-2-26-19-13-16(7-9-21-19)14-23-20(25)22-10-12-24-11-8-17-5-3-4-6-18(17)15-24/h3-7,9,13H,2,8,10-12,14-15H2,1H3,(H2,22,23,25). The lowest BCUT2D eigenvalue weighted by Gasteiger charge is -2.28. The number of hydrogen-bond donors (Lipinski definition) is 2. The summed E-state index contributed by atoms with van der Waals surface area (Å²) < 4.78 is 5.37. The van der Waals surface area contributed by atoms with Crippen molar-refractivity contribution in [2.75, 3.05) is 26.2 Å². The molecule has 0 fully saturated rings. The van der Waals surface area contributed by atoms with Gasteiger partial charge in [0, 0.05) is 45.0 Å². The average molecular weight is 354 g/mol. The van der Waals surface area contributed by atoms with Crippen LogP contribution in [0.3, 0.4) is 0 Å². The zero-order chi connectivity index (χ0) is 18.2. The molecule has 26 heavy (non-hydrogen) atoms. The van der Waals surface area contributed by atoms with Gasteiger partial charge in [0.1, 0.15) is 0 Å². The SMILES string of the molecule is CCOc1cc(CNC(=O)NCCN2CCc3ccccc3C2)ccn1. The lowest BCUT2D eigenvalue weighted by Crippen LogP contribution is -2.41. The molecule has 0 radical (unpaired) electrons. The van der Waals surface area contributed by atoms with Gasteiger partial charge in [-0.2, -0.15) is 0 Å². The Labute approximate surface area is 154 Å². The van der Waals surface area contributed by atoms with E-state index in [0.717, 1.165) is 31.6 Å². The molecule has 138 valence electrons. The van der Waals surface area contributed by atoms with Gasteiger partial charge in [0.05, 0.1) is 6.61 Å². The minimum absolute atomic E-state index is 0.155. The van der Waals surface area contributed by atoms with Crippen LogP contribution in [0, 0.1) is 0 Å². The third-order valence-electron chi connectivity index (χ3n) is 4.47. The highest BCUT2D eigenvalue weighted by atomic mass is 16.5. The van der Waals surface area contributed by atoms with E-state index in [-0.39, 0.29) is 6.03 Å². The summed E-state index contributed by atoms with van der Waals surface area (Å²) in [7, 11) is 0. The molecule has 6 heteroatoms. The fourth-order valence-corrected chi connectivity index (χ4v) is 3.10. The van der Waals surface area contributed by atoms with Crippen LogP contribution in [0.1, 0.15) is 23.6 Å². The summed E-state index contributed by atoms with van der Waals surface area (Å²) in [5.41, 5.74) is 3.80. The van der Waals surface area contributed by atoms with E-state index in [0.29, 0.717) is 25.6 Å². The van der Waals surface area contributed by atoms with Gasteiger partial charge in [-0.3, -0.25) is 4.90 Å². The fourth-order valence-electron chi connectivity index (χ4n) is 3.10. The van der Waals surface area contributed by atoms with Crippen molar-refractivity contribution in [1.29, 1.82) is 0 Å². The van der Waals surface area contributed by atoms with Crippen LogP contribution in [0.5, 0.6) is 5.88 Å². The van der Waals surface area contributed by atoms with Gasteiger partial charge in [-0.05, 0) is 36.1 Å². The number of nitrogens with one attached hydrogen (secondary N) is 2. The van der Waals surface area contributed by atoms with Crippen LogP contribution in [0.25, 0.3) is 0 Å². The van der Waals surface area contributed by atoms with Gasteiger partial charge in [-0.15, -0.1) is 0 Å². The molecule has 2 heterocycles. The van der Waals surface area contributed by atoms with Gasteiger partial charge in [-0.25, -0.2) is 9.78 Å². The Kier molecular flexibility index (Phi) is 6.44. The van der Waals surface area contributed by atoms with Gasteiger partial charge in [0.2, 0.25) is 5.88 Å². The number of amides is 2. The topological polar surface area (TPSA) is 66.5 Å². The monoisotopic (exact) mass is 354 g/mol. The molecule has 0 spiro atoms. The maximum Gasteiger partial charge on any atom is 0.315 e. The largest absolute Gasteiger partial charge is 0.478 e. The minimum atomic E-state index is -0.155. The van der Waals surface area contributed by atoms with Crippen molar-refractivity contribution in [3.8, 4) is 5.88 Å². The molecular weight excluding hydrogens is 328 g/mol. The zero-order valence-corrected chi connectivity index (χ0v) is 15.2. The number of ether oxygens (including phenoxy) is 1. The molecule has 0 bridgehead atoms. The first-order valence-corrected chi connectivity index (χ1v) is 9.13. The first-order valence-electron chi connectivity index (χ1n) is 9.13. The van der Waals surface area contributed by atoms with Crippen molar-refractivity contribution in [3.05, 3.63) is 59.3 Å². The van der Waals surface area contributed by atoms with Crippen LogP contribution in [0.2, 0.25) is 0 Å². The number of rotatable bonds is 7. The number of hydrogen-bond acceptors (Lipinski definition) is 4. The van der Waals surface area contributed by atoms with Crippen LogP contribution >= 0.6 is 0 Å². The lowest BCUT2D eigenvalue weighted by atomic mass is 10.00. The summed E-state index contributed by atoms with van der Waals surface area (Å²) >= 11 is 0. The molecule has 1 aliphatic rings. The van der Waals surface area contributed by atoms with Gasteiger partial charge in [0.25, 0.3) is 0 Å². The summed E-state index contributed by atoms with van der Waals surface area (Å²) in [5.74, 6) is 0.581. The molecular formula is C20H26N4O2. The van der Waals surface area contributed by atoms with Crippen molar-refractivity contribution in [2.45, 2.75) is 26.4 Å². The maximum atomic E-state index is 12.0. The van der Waals surface area contributed by atoms with Crippen molar-refractivity contribution >= 4 is 6.03 Å². The van der Waals surface area contributed by atoms with E-state index in [1.165, 1.54) is 11.1 Å². The molecule has 1 aliphatic heterocycles. The molecule has 0 saturated heterocycles. The number of aromatic nitrogens is 1. The Morgan fingerprint density at radius 2 is 2.08 bits per heavy atom. The lowest BCUT2D eigenvalue weighted by molar-refractivity contribution is 0.230. The Morgan fingerprint density at radius 1 is 1.23 bits per heavy atom. The summed E-state index contributed by atoms with van der Waals surface area (Å²) in [6.07, 6.45) is 2.76. The zero-order valence-electron chi connectivity index (χ0n) is 15.2. The van der Waals surface area contributed by atoms with E-state index >= 15 is 0 Å². The highest BCUT2D eigenvalue weighted by Crippen LogP contribution is 2.17. The number of nitrogens with zero attached hydrogens (tertiary/aromatic N) is 2. The molecule has 3 rings (SSSR count). The Balaban J connectivity index is 1.36. The van der Waals surface area contributed by atoms with Crippen molar-refractivity contribution in [1.82, 2.24) is 20.5 Å². The third-order valence-corrected chi connectivity index (χ3v) is 4.47. The van der Waals surface area contributed by atoms with Gasteiger partial charge in [0.15, 0.2) is 0 Å². The first kappa shape index (κ1) is 18.2. The predicted octanol–water partition coefficient (Wildman–Crippen LogP) is 2.34. The van der Waals surface area contributed by atoms with Crippen LogP contribution in [0.4, 0.5) is 4.79 Å². The molecule has 2 N–H and O–H groups in total. The molecule has 0 aliphatic carbocycles.